The van der Waals surface area contributed by atoms with Gasteiger partial charge in [-0.3, -0.25) is 14.5 Å². The molecule has 0 aliphatic carbocycles. The number of carbonyl (C=O) groups is 3. The molecule has 0 saturated carbocycles. The lowest BCUT2D eigenvalue weighted by atomic mass is 9.95. The summed E-state index contributed by atoms with van der Waals surface area (Å²) >= 11 is 3.40. The Balaban J connectivity index is 1.84. The third kappa shape index (κ3) is 4.70. The van der Waals surface area contributed by atoms with Crippen LogP contribution in [0.2, 0.25) is 0 Å². The molecule has 1 N–H and O–H groups in total. The number of halogens is 1. The molecule has 3 aromatic rings. The van der Waals surface area contributed by atoms with Crippen molar-refractivity contribution in [3.63, 3.8) is 0 Å². The van der Waals surface area contributed by atoms with Crippen LogP contribution in [0.1, 0.15) is 34.5 Å². The number of carbonyl (C=O) groups excluding carboxylic acids is 3. The van der Waals surface area contributed by atoms with Crippen molar-refractivity contribution < 1.29 is 29.0 Å². The van der Waals surface area contributed by atoms with Gasteiger partial charge in [-0.25, -0.2) is 4.79 Å². The van der Waals surface area contributed by atoms with Crippen LogP contribution < -0.4 is 9.64 Å². The van der Waals surface area contributed by atoms with Crippen molar-refractivity contribution in [3.05, 3.63) is 99.5 Å². The van der Waals surface area contributed by atoms with Crippen molar-refractivity contribution in [2.45, 2.75) is 13.0 Å². The Labute approximate surface area is 210 Å². The highest BCUT2D eigenvalue weighted by atomic mass is 79.9. The molecule has 0 aromatic heterocycles. The molecule has 1 fully saturated rings. The number of benzene rings is 3. The standard InChI is InChI=1S/C27H22BrNO6/c1-3-35-27(33)18-6-12-20(13-7-18)29-23(16-4-10-19(28)11-5-16)22(25(31)26(29)32)24(30)17-8-14-21(34-2)15-9-17/h4-15,23,30H,3H2,1-2H3/t23-/m1/s1. The number of esters is 1. The molecular weight excluding hydrogens is 514 g/mol. The second kappa shape index (κ2) is 10.1. The maximum atomic E-state index is 13.2. The Morgan fingerprint density at radius 1 is 0.943 bits per heavy atom. The monoisotopic (exact) mass is 535 g/mol. The fourth-order valence-electron chi connectivity index (χ4n) is 3.94. The Hall–Kier alpha value is -3.91. The van der Waals surface area contributed by atoms with Gasteiger partial charge >= 0.3 is 5.97 Å². The molecule has 178 valence electrons. The number of hydrogen-bond donors (Lipinski definition) is 1. The summed E-state index contributed by atoms with van der Waals surface area (Å²) in [6.07, 6.45) is 0. The van der Waals surface area contributed by atoms with Gasteiger partial charge in [0.1, 0.15) is 11.5 Å². The lowest BCUT2D eigenvalue weighted by Gasteiger charge is -2.25. The zero-order valence-corrected chi connectivity index (χ0v) is 20.6. The average molecular weight is 536 g/mol. The molecule has 0 radical (unpaired) electrons. The van der Waals surface area contributed by atoms with E-state index in [1.807, 2.05) is 0 Å². The van der Waals surface area contributed by atoms with Gasteiger partial charge in [-0.1, -0.05) is 28.1 Å². The van der Waals surface area contributed by atoms with E-state index in [2.05, 4.69) is 15.9 Å². The Morgan fingerprint density at radius 2 is 1.54 bits per heavy atom. The molecule has 1 heterocycles. The van der Waals surface area contributed by atoms with Crippen LogP contribution in [0.4, 0.5) is 5.69 Å². The molecule has 0 spiro atoms. The normalized spacial score (nSPS) is 16.9. The Bertz CT molecular complexity index is 1300. The highest BCUT2D eigenvalue weighted by Gasteiger charge is 2.47. The van der Waals surface area contributed by atoms with E-state index in [4.69, 9.17) is 9.47 Å². The lowest BCUT2D eigenvalue weighted by Crippen LogP contribution is -2.29. The number of aliphatic hydroxyl groups is 1. The molecule has 1 atom stereocenters. The van der Waals surface area contributed by atoms with Crippen molar-refractivity contribution in [3.8, 4) is 5.75 Å². The summed E-state index contributed by atoms with van der Waals surface area (Å²) in [6, 6.07) is 19.1. The highest BCUT2D eigenvalue weighted by Crippen LogP contribution is 2.42. The van der Waals surface area contributed by atoms with E-state index in [9.17, 15) is 19.5 Å². The van der Waals surface area contributed by atoms with Crippen LogP contribution in [-0.4, -0.2) is 36.5 Å². The van der Waals surface area contributed by atoms with E-state index < -0.39 is 23.7 Å². The van der Waals surface area contributed by atoms with Crippen molar-refractivity contribution in [1.82, 2.24) is 0 Å². The van der Waals surface area contributed by atoms with E-state index >= 15 is 0 Å². The first-order valence-electron chi connectivity index (χ1n) is 10.8. The maximum Gasteiger partial charge on any atom is 0.338 e. The fourth-order valence-corrected chi connectivity index (χ4v) is 4.20. The molecular formula is C27H22BrNO6. The SMILES string of the molecule is CCOC(=O)c1ccc(N2C(=O)C(=O)C(=C(O)c3ccc(OC)cc3)[C@H]2c2ccc(Br)cc2)cc1. The van der Waals surface area contributed by atoms with E-state index in [0.717, 1.165) is 4.47 Å². The largest absolute Gasteiger partial charge is 0.507 e. The number of amides is 1. The number of Topliss-reactive ketones (excluding diaryl/α,β-unsaturated/α-hetero) is 1. The van der Waals surface area contributed by atoms with Crippen molar-refractivity contribution in [2.24, 2.45) is 0 Å². The first kappa shape index (κ1) is 24.2. The van der Waals surface area contributed by atoms with Crippen molar-refractivity contribution >= 4 is 45.0 Å². The van der Waals surface area contributed by atoms with Crippen LogP contribution in [0, 0.1) is 0 Å². The number of ether oxygens (including phenoxy) is 2. The second-order valence-electron chi connectivity index (χ2n) is 7.72. The minimum absolute atomic E-state index is 0.0306. The molecule has 3 aromatic carbocycles. The van der Waals surface area contributed by atoms with Gasteiger partial charge in [-0.15, -0.1) is 0 Å². The van der Waals surface area contributed by atoms with Crippen molar-refractivity contribution in [2.75, 3.05) is 18.6 Å². The summed E-state index contributed by atoms with van der Waals surface area (Å²) in [4.78, 5) is 39.8. The number of anilines is 1. The molecule has 1 aliphatic rings. The van der Waals surface area contributed by atoms with E-state index in [-0.39, 0.29) is 17.9 Å². The van der Waals surface area contributed by atoms with E-state index in [1.54, 1.807) is 67.6 Å². The third-order valence-corrected chi connectivity index (χ3v) is 6.18. The van der Waals surface area contributed by atoms with Gasteiger partial charge in [0, 0.05) is 15.7 Å². The van der Waals surface area contributed by atoms with Gasteiger partial charge in [0.05, 0.1) is 30.9 Å². The third-order valence-electron chi connectivity index (χ3n) is 5.65. The summed E-state index contributed by atoms with van der Waals surface area (Å²) in [5.74, 6) is -1.76. The average Bonchev–Trinajstić information content (AvgIpc) is 3.14. The van der Waals surface area contributed by atoms with Crippen LogP contribution >= 0.6 is 15.9 Å². The highest BCUT2D eigenvalue weighted by molar-refractivity contribution is 9.10. The maximum absolute atomic E-state index is 13.2. The summed E-state index contributed by atoms with van der Waals surface area (Å²) < 4.78 is 11.0. The fraction of sp³-hybridized carbons (Fsp3) is 0.148. The molecule has 0 unspecified atom stereocenters. The summed E-state index contributed by atoms with van der Waals surface area (Å²) in [6.45, 7) is 1.96. The number of rotatable bonds is 6. The molecule has 4 rings (SSSR count). The summed E-state index contributed by atoms with van der Waals surface area (Å²) in [7, 11) is 1.53. The van der Waals surface area contributed by atoms with Gasteiger partial charge in [-0.2, -0.15) is 0 Å². The zero-order valence-electron chi connectivity index (χ0n) is 19.0. The molecule has 1 amide bonds. The summed E-state index contributed by atoms with van der Waals surface area (Å²) in [5, 5.41) is 11.2. The van der Waals surface area contributed by atoms with Crippen LogP contribution in [0.15, 0.2) is 82.8 Å². The van der Waals surface area contributed by atoms with E-state index in [1.165, 1.54) is 24.1 Å². The number of ketones is 1. The first-order chi connectivity index (χ1) is 16.8. The number of hydrogen-bond acceptors (Lipinski definition) is 6. The van der Waals surface area contributed by atoms with Crippen LogP contribution in [0.25, 0.3) is 5.76 Å². The molecule has 35 heavy (non-hydrogen) atoms. The molecule has 1 aliphatic heterocycles. The van der Waals surface area contributed by atoms with Crippen LogP contribution in [0.3, 0.4) is 0 Å². The summed E-state index contributed by atoms with van der Waals surface area (Å²) in [5.41, 5.74) is 1.71. The molecule has 7 nitrogen and oxygen atoms in total. The molecule has 1 saturated heterocycles. The quantitative estimate of drug-likeness (QED) is 0.200. The minimum atomic E-state index is -0.876. The Morgan fingerprint density at radius 3 is 2.11 bits per heavy atom. The molecule has 8 heteroatoms. The van der Waals surface area contributed by atoms with Crippen molar-refractivity contribution in [1.29, 1.82) is 0 Å². The van der Waals surface area contributed by atoms with Crippen LogP contribution in [0.5, 0.6) is 5.75 Å². The number of nitrogens with zero attached hydrogens (tertiary/aromatic N) is 1. The topological polar surface area (TPSA) is 93.1 Å². The lowest BCUT2D eigenvalue weighted by molar-refractivity contribution is -0.132. The first-order valence-corrected chi connectivity index (χ1v) is 11.6. The van der Waals surface area contributed by atoms with Gasteiger partial charge in [0.2, 0.25) is 0 Å². The van der Waals surface area contributed by atoms with Gasteiger partial charge < -0.3 is 14.6 Å². The molecule has 0 bridgehead atoms. The van der Waals surface area contributed by atoms with Gasteiger partial charge in [-0.05, 0) is 73.2 Å². The number of aliphatic hydroxyl groups excluding tert-OH is 1. The number of methoxy groups -OCH3 is 1. The second-order valence-corrected chi connectivity index (χ2v) is 8.63. The van der Waals surface area contributed by atoms with E-state index in [0.29, 0.717) is 28.1 Å². The minimum Gasteiger partial charge on any atom is -0.507 e. The van der Waals surface area contributed by atoms with Gasteiger partial charge in [0.15, 0.2) is 0 Å². The zero-order chi connectivity index (χ0) is 25.1. The predicted molar refractivity (Wildman–Crippen MR) is 134 cm³/mol. The predicted octanol–water partition coefficient (Wildman–Crippen LogP) is 5.26. The van der Waals surface area contributed by atoms with Gasteiger partial charge in [0.25, 0.3) is 11.7 Å². The van der Waals surface area contributed by atoms with Crippen LogP contribution in [-0.2, 0) is 14.3 Å². The smallest absolute Gasteiger partial charge is 0.338 e. The Kier molecular flexibility index (Phi) is 7.02.